The van der Waals surface area contributed by atoms with Crippen molar-refractivity contribution in [1.29, 1.82) is 0 Å². The minimum atomic E-state index is -0.737. The number of aromatic nitrogens is 1. The number of nitrogens with one attached hydrogen (secondary N) is 2. The first kappa shape index (κ1) is 28.0. The smallest absolute Gasteiger partial charge is 0.273 e. The minimum Gasteiger partial charge on any atom is -0.395 e. The Balaban J connectivity index is 1.59. The summed E-state index contributed by atoms with van der Waals surface area (Å²) in [6.45, 7) is 2.06. The maximum atomic E-state index is 14.0. The second-order valence-electron chi connectivity index (χ2n) is 10.4. The van der Waals surface area contributed by atoms with Crippen LogP contribution >= 0.6 is 11.5 Å². The molecular weight excluding hydrogens is 505 g/mol. The molecule has 1 atom stereocenters. The fourth-order valence-corrected chi connectivity index (χ4v) is 6.18. The first-order valence-electron chi connectivity index (χ1n) is 13.8. The van der Waals surface area contributed by atoms with Crippen LogP contribution < -0.4 is 16.4 Å². The van der Waals surface area contributed by atoms with E-state index in [-0.39, 0.29) is 52.5 Å². The van der Waals surface area contributed by atoms with Gasteiger partial charge in [0.25, 0.3) is 11.8 Å². The summed E-state index contributed by atoms with van der Waals surface area (Å²) in [6, 6.07) is 5.33. The van der Waals surface area contributed by atoms with Crippen LogP contribution in [0.4, 0.5) is 10.1 Å². The Morgan fingerprint density at radius 2 is 1.63 bits per heavy atom. The van der Waals surface area contributed by atoms with Gasteiger partial charge in [-0.15, -0.1) is 0 Å². The topological polar surface area (TPSA) is 117 Å². The lowest BCUT2D eigenvalue weighted by Gasteiger charge is -2.31. The third-order valence-corrected chi connectivity index (χ3v) is 8.40. The zero-order valence-corrected chi connectivity index (χ0v) is 22.8. The third kappa shape index (κ3) is 6.89. The molecule has 2 fully saturated rings. The molecule has 1 unspecified atom stereocenters. The molecule has 2 aliphatic carbocycles. The number of carbonyl (C=O) groups excluding carboxylic acids is 3. The highest BCUT2D eigenvalue weighted by atomic mass is 32.1. The molecule has 4 N–H and O–H groups in total. The van der Waals surface area contributed by atoms with Gasteiger partial charge in [0.2, 0.25) is 5.91 Å². The Kier molecular flexibility index (Phi) is 9.71. The van der Waals surface area contributed by atoms with Crippen molar-refractivity contribution in [3.63, 3.8) is 0 Å². The summed E-state index contributed by atoms with van der Waals surface area (Å²) in [5.41, 5.74) is 7.10. The Bertz CT molecular complexity index is 1110. The van der Waals surface area contributed by atoms with Gasteiger partial charge >= 0.3 is 0 Å². The van der Waals surface area contributed by atoms with Crippen LogP contribution in [0.3, 0.4) is 0 Å². The summed E-state index contributed by atoms with van der Waals surface area (Å²) in [5, 5.41) is 6.13. The second kappa shape index (κ2) is 13.2. The van der Waals surface area contributed by atoms with Crippen LogP contribution in [0, 0.1) is 5.82 Å². The second-order valence-corrected chi connectivity index (χ2v) is 11.2. The van der Waals surface area contributed by atoms with E-state index in [0.29, 0.717) is 18.4 Å². The molecule has 0 aliphatic heterocycles. The highest BCUT2D eigenvalue weighted by Crippen LogP contribution is 2.28. The van der Waals surface area contributed by atoms with E-state index in [0.717, 1.165) is 62.9 Å². The fourth-order valence-electron chi connectivity index (χ4n) is 5.43. The van der Waals surface area contributed by atoms with Gasteiger partial charge in [-0.25, -0.2) is 4.39 Å². The van der Waals surface area contributed by atoms with E-state index >= 15 is 0 Å². The van der Waals surface area contributed by atoms with Gasteiger partial charge in [-0.3, -0.25) is 14.4 Å². The molecule has 2 aliphatic rings. The number of hydrogen-bond acceptors (Lipinski definition) is 6. The van der Waals surface area contributed by atoms with E-state index in [9.17, 15) is 18.8 Å². The summed E-state index contributed by atoms with van der Waals surface area (Å²) in [5.74, 6) is -1.41. The van der Waals surface area contributed by atoms with Crippen LogP contribution in [0.2, 0.25) is 0 Å². The van der Waals surface area contributed by atoms with Crippen molar-refractivity contribution < 1.29 is 18.8 Å². The van der Waals surface area contributed by atoms with E-state index < -0.39 is 11.9 Å². The minimum absolute atomic E-state index is 0.0314. The highest BCUT2D eigenvalue weighted by molar-refractivity contribution is 7.09. The number of halogens is 1. The SMILES string of the molecule is CCCC(C(=O)NC1CCCC1)N(Cc1ccc(F)cc1)C(=O)c1snc(C(=O)NC2CCCCC2)c1N. The zero-order valence-electron chi connectivity index (χ0n) is 22.0. The molecule has 0 radical (unpaired) electrons. The fraction of sp³-hybridized carbons (Fsp3) is 0.571. The van der Waals surface area contributed by atoms with Crippen molar-refractivity contribution >= 4 is 34.9 Å². The van der Waals surface area contributed by atoms with E-state index in [1.54, 1.807) is 12.1 Å². The quantitative estimate of drug-likeness (QED) is 0.398. The van der Waals surface area contributed by atoms with Crippen molar-refractivity contribution in [3.8, 4) is 0 Å². The number of rotatable bonds is 10. The number of nitrogens with two attached hydrogens (primary N) is 1. The predicted molar refractivity (Wildman–Crippen MR) is 146 cm³/mol. The summed E-state index contributed by atoms with van der Waals surface area (Å²) in [4.78, 5) is 42.0. The van der Waals surface area contributed by atoms with Crippen LogP contribution in [-0.4, -0.2) is 45.1 Å². The standard InChI is InChI=1S/C28H38FN5O3S/c1-2-8-22(26(35)31-20-11-6-7-12-20)34(17-18-13-15-19(29)16-14-18)28(37)25-23(30)24(33-38-25)27(36)32-21-9-4-3-5-10-21/h13-16,20-22H,2-12,17,30H2,1H3,(H,31,35)(H,32,36). The lowest BCUT2D eigenvalue weighted by atomic mass is 9.95. The monoisotopic (exact) mass is 543 g/mol. The van der Waals surface area contributed by atoms with E-state index in [1.165, 1.54) is 23.5 Å². The average Bonchev–Trinajstić information content (AvgIpc) is 3.57. The maximum Gasteiger partial charge on any atom is 0.273 e. The molecule has 2 aromatic rings. The summed E-state index contributed by atoms with van der Waals surface area (Å²) >= 11 is 0.877. The van der Waals surface area contributed by atoms with Crippen LogP contribution in [0.15, 0.2) is 24.3 Å². The maximum absolute atomic E-state index is 14.0. The molecular formula is C28H38FN5O3S. The Morgan fingerprint density at radius 3 is 2.26 bits per heavy atom. The summed E-state index contributed by atoms with van der Waals surface area (Å²) < 4.78 is 17.8. The van der Waals surface area contributed by atoms with E-state index in [1.807, 2.05) is 6.92 Å². The lowest BCUT2D eigenvalue weighted by Crippen LogP contribution is -2.51. The molecule has 1 aromatic carbocycles. The van der Waals surface area contributed by atoms with Gasteiger partial charge in [0.15, 0.2) is 5.69 Å². The van der Waals surface area contributed by atoms with Crippen molar-refractivity contribution in [2.75, 3.05) is 5.73 Å². The van der Waals surface area contributed by atoms with E-state index in [4.69, 9.17) is 5.73 Å². The Hall–Kier alpha value is -3.01. The normalized spacial score (nSPS) is 17.2. The molecule has 1 heterocycles. The number of hydrogen-bond donors (Lipinski definition) is 3. The van der Waals surface area contributed by atoms with Gasteiger partial charge in [-0.1, -0.05) is 57.6 Å². The first-order valence-corrected chi connectivity index (χ1v) is 14.6. The zero-order chi connectivity index (χ0) is 27.1. The molecule has 38 heavy (non-hydrogen) atoms. The lowest BCUT2D eigenvalue weighted by molar-refractivity contribution is -0.126. The van der Waals surface area contributed by atoms with Gasteiger partial charge in [0.05, 0.1) is 5.69 Å². The summed E-state index contributed by atoms with van der Waals surface area (Å²) in [7, 11) is 0. The number of anilines is 1. The molecule has 2 saturated carbocycles. The van der Waals surface area contributed by atoms with E-state index in [2.05, 4.69) is 15.0 Å². The van der Waals surface area contributed by atoms with Gasteiger partial charge < -0.3 is 21.3 Å². The molecule has 0 bridgehead atoms. The predicted octanol–water partition coefficient (Wildman–Crippen LogP) is 4.80. The van der Waals surface area contributed by atoms with Crippen molar-refractivity contribution in [2.45, 2.75) is 102 Å². The molecule has 3 amide bonds. The molecule has 0 saturated heterocycles. The van der Waals surface area contributed by atoms with Gasteiger partial charge in [-0.2, -0.15) is 4.37 Å². The Labute approximate surface area is 227 Å². The van der Waals surface area contributed by atoms with Crippen LogP contribution in [0.5, 0.6) is 0 Å². The summed E-state index contributed by atoms with van der Waals surface area (Å²) in [6.07, 6.45) is 10.3. The van der Waals surface area contributed by atoms with Gasteiger partial charge in [0.1, 0.15) is 16.7 Å². The Morgan fingerprint density at radius 1 is 1.03 bits per heavy atom. The van der Waals surface area contributed by atoms with Crippen LogP contribution in [-0.2, 0) is 11.3 Å². The van der Waals surface area contributed by atoms with Crippen molar-refractivity contribution in [2.24, 2.45) is 0 Å². The van der Waals surface area contributed by atoms with Gasteiger partial charge in [0, 0.05) is 18.6 Å². The number of benzene rings is 1. The van der Waals surface area contributed by atoms with Crippen molar-refractivity contribution in [1.82, 2.24) is 19.9 Å². The average molecular weight is 544 g/mol. The molecule has 206 valence electrons. The molecule has 10 heteroatoms. The van der Waals surface area contributed by atoms with Crippen LogP contribution in [0.25, 0.3) is 0 Å². The molecule has 0 spiro atoms. The van der Waals surface area contributed by atoms with Crippen molar-refractivity contribution in [3.05, 3.63) is 46.2 Å². The molecule has 8 nitrogen and oxygen atoms in total. The number of nitrogen functional groups attached to an aromatic ring is 1. The van der Waals surface area contributed by atoms with Gasteiger partial charge in [-0.05, 0) is 61.3 Å². The van der Waals surface area contributed by atoms with Crippen LogP contribution in [0.1, 0.15) is 103 Å². The number of nitrogens with zero attached hydrogens (tertiary/aromatic N) is 2. The highest BCUT2D eigenvalue weighted by Gasteiger charge is 2.35. The molecule has 4 rings (SSSR count). The number of carbonyl (C=O) groups is 3. The molecule has 1 aromatic heterocycles. The largest absolute Gasteiger partial charge is 0.395 e. The third-order valence-electron chi connectivity index (χ3n) is 7.55. The first-order chi connectivity index (χ1) is 18.4. The number of amides is 3.